The molecule has 0 heterocycles. The first-order chi connectivity index (χ1) is 9.26. The Morgan fingerprint density at radius 3 is 2.53 bits per heavy atom. The van der Waals surface area contributed by atoms with Crippen LogP contribution >= 0.6 is 0 Å². The number of benzene rings is 1. The Morgan fingerprint density at radius 1 is 1.00 bits per heavy atom. The highest BCUT2D eigenvalue weighted by Crippen LogP contribution is 2.37. The average Bonchev–Trinajstić information content (AvgIpc) is 2.47. The van der Waals surface area contributed by atoms with Crippen LogP contribution in [0.3, 0.4) is 0 Å². The third-order valence-electron chi connectivity index (χ3n) is 5.23. The summed E-state index contributed by atoms with van der Waals surface area (Å²) in [4.78, 5) is 0. The van der Waals surface area contributed by atoms with Gasteiger partial charge in [-0.3, -0.25) is 0 Å². The lowest BCUT2D eigenvalue weighted by Crippen LogP contribution is -2.21. The lowest BCUT2D eigenvalue weighted by Gasteiger charge is -2.29. The largest absolute Gasteiger partial charge is 0.381 e. The molecule has 1 saturated carbocycles. The van der Waals surface area contributed by atoms with E-state index < -0.39 is 0 Å². The molecule has 0 saturated heterocycles. The quantitative estimate of drug-likeness (QED) is 0.759. The van der Waals surface area contributed by atoms with Crippen molar-refractivity contribution in [1.82, 2.24) is 0 Å². The standard InChI is InChI=1S/C18H26O/c1-13-3-5-14(6-4-13)15-7-8-17-12-18(19-2)10-9-16(17)11-15/h7-8,11,13-14,18H,3-6,9-10,12H2,1-2H3. The Labute approximate surface area is 117 Å². The summed E-state index contributed by atoms with van der Waals surface area (Å²) in [5.74, 6) is 1.76. The second-order valence-corrected chi connectivity index (χ2v) is 6.59. The first-order valence-corrected chi connectivity index (χ1v) is 7.90. The van der Waals surface area contributed by atoms with Crippen molar-refractivity contribution in [3.8, 4) is 0 Å². The van der Waals surface area contributed by atoms with Crippen LogP contribution in [-0.4, -0.2) is 13.2 Å². The monoisotopic (exact) mass is 258 g/mol. The highest BCUT2D eigenvalue weighted by Gasteiger charge is 2.22. The van der Waals surface area contributed by atoms with Gasteiger partial charge in [0.25, 0.3) is 0 Å². The van der Waals surface area contributed by atoms with Crippen molar-refractivity contribution in [1.29, 1.82) is 0 Å². The molecule has 0 radical (unpaired) electrons. The molecule has 1 atom stereocenters. The van der Waals surface area contributed by atoms with Gasteiger partial charge in [0.05, 0.1) is 6.10 Å². The van der Waals surface area contributed by atoms with Crippen LogP contribution in [0.1, 0.15) is 61.6 Å². The SMILES string of the molecule is COC1CCc2cc(C3CCC(C)CC3)ccc2C1. The summed E-state index contributed by atoms with van der Waals surface area (Å²) in [6.07, 6.45) is 9.53. The van der Waals surface area contributed by atoms with E-state index in [0.29, 0.717) is 6.10 Å². The number of fused-ring (bicyclic) bond motifs is 1. The van der Waals surface area contributed by atoms with Crippen molar-refractivity contribution in [3.63, 3.8) is 0 Å². The molecule has 0 N–H and O–H groups in total. The van der Waals surface area contributed by atoms with Crippen LogP contribution in [0, 0.1) is 5.92 Å². The number of rotatable bonds is 2. The zero-order chi connectivity index (χ0) is 13.2. The second-order valence-electron chi connectivity index (χ2n) is 6.59. The first-order valence-electron chi connectivity index (χ1n) is 7.90. The molecular formula is C18H26O. The molecule has 0 amide bonds. The summed E-state index contributed by atoms with van der Waals surface area (Å²) < 4.78 is 5.51. The van der Waals surface area contributed by atoms with Crippen molar-refractivity contribution in [2.24, 2.45) is 5.92 Å². The zero-order valence-corrected chi connectivity index (χ0v) is 12.3. The van der Waals surface area contributed by atoms with Gasteiger partial charge < -0.3 is 4.74 Å². The molecule has 1 aromatic rings. The molecule has 0 spiro atoms. The maximum absolute atomic E-state index is 5.51. The molecule has 0 aliphatic heterocycles. The fraction of sp³-hybridized carbons (Fsp3) is 0.667. The third-order valence-corrected chi connectivity index (χ3v) is 5.23. The fourth-order valence-corrected chi connectivity index (χ4v) is 3.79. The molecular weight excluding hydrogens is 232 g/mol. The minimum absolute atomic E-state index is 0.439. The molecule has 0 bridgehead atoms. The Hall–Kier alpha value is -0.820. The Bertz CT molecular complexity index is 429. The van der Waals surface area contributed by atoms with Crippen LogP contribution in [0.5, 0.6) is 0 Å². The number of aryl methyl sites for hydroxylation is 1. The predicted octanol–water partition coefficient (Wildman–Crippen LogP) is 4.48. The van der Waals surface area contributed by atoms with E-state index in [9.17, 15) is 0 Å². The Kier molecular flexibility index (Phi) is 3.93. The maximum atomic E-state index is 5.51. The smallest absolute Gasteiger partial charge is 0.0614 e. The van der Waals surface area contributed by atoms with E-state index in [1.54, 1.807) is 11.1 Å². The highest BCUT2D eigenvalue weighted by atomic mass is 16.5. The first kappa shape index (κ1) is 13.2. The molecule has 1 aromatic carbocycles. The number of hydrogen-bond donors (Lipinski definition) is 0. The third kappa shape index (κ3) is 2.86. The van der Waals surface area contributed by atoms with E-state index in [-0.39, 0.29) is 0 Å². The molecule has 3 rings (SSSR count). The summed E-state index contributed by atoms with van der Waals surface area (Å²) in [5, 5.41) is 0. The van der Waals surface area contributed by atoms with Crippen LogP contribution in [0.25, 0.3) is 0 Å². The predicted molar refractivity (Wildman–Crippen MR) is 79.6 cm³/mol. The molecule has 1 nitrogen and oxygen atoms in total. The number of ether oxygens (including phenoxy) is 1. The Balaban J connectivity index is 1.75. The van der Waals surface area contributed by atoms with Gasteiger partial charge in [-0.05, 0) is 60.6 Å². The number of methoxy groups -OCH3 is 1. The summed E-state index contributed by atoms with van der Waals surface area (Å²) in [6.45, 7) is 2.40. The summed E-state index contributed by atoms with van der Waals surface area (Å²) in [6, 6.07) is 7.26. The fourth-order valence-electron chi connectivity index (χ4n) is 3.79. The molecule has 2 aliphatic carbocycles. The van der Waals surface area contributed by atoms with E-state index in [1.165, 1.54) is 44.1 Å². The van der Waals surface area contributed by atoms with Gasteiger partial charge in [0.1, 0.15) is 0 Å². The van der Waals surface area contributed by atoms with E-state index in [1.807, 2.05) is 7.11 Å². The highest BCUT2D eigenvalue weighted by molar-refractivity contribution is 5.36. The van der Waals surface area contributed by atoms with Crippen LogP contribution in [0.15, 0.2) is 18.2 Å². The Morgan fingerprint density at radius 2 is 1.79 bits per heavy atom. The molecule has 0 aromatic heterocycles. The molecule has 2 aliphatic rings. The molecule has 104 valence electrons. The van der Waals surface area contributed by atoms with Crippen molar-refractivity contribution in [2.45, 2.75) is 63.9 Å². The summed E-state index contributed by atoms with van der Waals surface area (Å²) >= 11 is 0. The average molecular weight is 258 g/mol. The minimum Gasteiger partial charge on any atom is -0.381 e. The van der Waals surface area contributed by atoms with Gasteiger partial charge in [-0.15, -0.1) is 0 Å². The van der Waals surface area contributed by atoms with E-state index in [4.69, 9.17) is 4.74 Å². The zero-order valence-electron chi connectivity index (χ0n) is 12.3. The van der Waals surface area contributed by atoms with Crippen molar-refractivity contribution < 1.29 is 4.74 Å². The van der Waals surface area contributed by atoms with Crippen molar-refractivity contribution >= 4 is 0 Å². The molecule has 1 heteroatoms. The minimum atomic E-state index is 0.439. The normalized spacial score (nSPS) is 30.9. The van der Waals surface area contributed by atoms with Crippen molar-refractivity contribution in [2.75, 3.05) is 7.11 Å². The van der Waals surface area contributed by atoms with Crippen molar-refractivity contribution in [3.05, 3.63) is 34.9 Å². The van der Waals surface area contributed by atoms with Gasteiger partial charge in [0.2, 0.25) is 0 Å². The van der Waals surface area contributed by atoms with E-state index in [2.05, 4.69) is 25.1 Å². The van der Waals surface area contributed by atoms with Crippen LogP contribution in [0.4, 0.5) is 0 Å². The molecule has 1 unspecified atom stereocenters. The molecule has 1 fully saturated rings. The van der Waals surface area contributed by atoms with Crippen LogP contribution in [-0.2, 0) is 17.6 Å². The van der Waals surface area contributed by atoms with Gasteiger partial charge in [0, 0.05) is 7.11 Å². The van der Waals surface area contributed by atoms with Crippen LogP contribution < -0.4 is 0 Å². The number of hydrogen-bond acceptors (Lipinski definition) is 1. The van der Waals surface area contributed by atoms with Gasteiger partial charge in [-0.2, -0.15) is 0 Å². The van der Waals surface area contributed by atoms with E-state index >= 15 is 0 Å². The van der Waals surface area contributed by atoms with Gasteiger partial charge >= 0.3 is 0 Å². The summed E-state index contributed by atoms with van der Waals surface area (Å²) in [7, 11) is 1.84. The van der Waals surface area contributed by atoms with Gasteiger partial charge in [-0.1, -0.05) is 38.0 Å². The molecule has 19 heavy (non-hydrogen) atoms. The maximum Gasteiger partial charge on any atom is 0.0614 e. The van der Waals surface area contributed by atoms with Crippen LogP contribution in [0.2, 0.25) is 0 Å². The van der Waals surface area contributed by atoms with Gasteiger partial charge in [-0.25, -0.2) is 0 Å². The lowest BCUT2D eigenvalue weighted by molar-refractivity contribution is 0.0911. The lowest BCUT2D eigenvalue weighted by atomic mass is 9.78. The second kappa shape index (κ2) is 5.66. The summed E-state index contributed by atoms with van der Waals surface area (Å²) in [5.41, 5.74) is 4.71. The van der Waals surface area contributed by atoms with E-state index in [0.717, 1.165) is 18.3 Å². The topological polar surface area (TPSA) is 9.23 Å². The van der Waals surface area contributed by atoms with Gasteiger partial charge in [0.15, 0.2) is 0 Å².